The van der Waals surface area contributed by atoms with Gasteiger partial charge in [0, 0.05) is 11.3 Å². The molecule has 0 spiro atoms. The van der Waals surface area contributed by atoms with Gasteiger partial charge in [0.25, 0.3) is 0 Å². The van der Waals surface area contributed by atoms with Gasteiger partial charge < -0.3 is 14.2 Å². The Labute approximate surface area is 182 Å². The van der Waals surface area contributed by atoms with E-state index in [0.717, 1.165) is 0 Å². The van der Waals surface area contributed by atoms with E-state index in [-0.39, 0.29) is 11.7 Å². The first kappa shape index (κ1) is 20.5. The maximum atomic E-state index is 12.6. The molecule has 0 aliphatic carbocycles. The molecule has 4 aromatic rings. The summed E-state index contributed by atoms with van der Waals surface area (Å²) in [5.74, 6) is 0.782. The van der Waals surface area contributed by atoms with Crippen LogP contribution in [0.25, 0.3) is 22.9 Å². The summed E-state index contributed by atoms with van der Waals surface area (Å²) < 4.78 is 10.9. The fourth-order valence-electron chi connectivity index (χ4n) is 2.77. The topological polar surface area (TPSA) is 111 Å². The summed E-state index contributed by atoms with van der Waals surface area (Å²) in [6.45, 7) is 3.24. The molecule has 0 aliphatic heterocycles. The van der Waals surface area contributed by atoms with E-state index in [2.05, 4.69) is 20.5 Å². The van der Waals surface area contributed by atoms with Crippen LogP contribution in [0.3, 0.4) is 0 Å². The van der Waals surface area contributed by atoms with E-state index in [9.17, 15) is 9.59 Å². The molecule has 0 fully saturated rings. The monoisotopic (exact) mass is 434 g/mol. The second-order valence-electron chi connectivity index (χ2n) is 6.63. The van der Waals surface area contributed by atoms with Crippen LogP contribution in [0, 0.1) is 0 Å². The molecule has 0 unspecified atom stereocenters. The van der Waals surface area contributed by atoms with E-state index in [0.29, 0.717) is 39.3 Å². The van der Waals surface area contributed by atoms with Crippen molar-refractivity contribution in [1.82, 2.24) is 15.2 Å². The number of Topliss-reactive ketones (excluding diaryl/α,β-unsaturated/α-hetero) is 1. The lowest BCUT2D eigenvalue weighted by Gasteiger charge is -2.12. The highest BCUT2D eigenvalue weighted by Crippen LogP contribution is 2.31. The van der Waals surface area contributed by atoms with Gasteiger partial charge in [-0.3, -0.25) is 9.59 Å². The summed E-state index contributed by atoms with van der Waals surface area (Å²) >= 11 is 1.17. The third-order valence-corrected chi connectivity index (χ3v) is 5.34. The second kappa shape index (κ2) is 8.97. The van der Waals surface area contributed by atoms with Crippen LogP contribution in [0.2, 0.25) is 0 Å². The van der Waals surface area contributed by atoms with Gasteiger partial charge in [0.1, 0.15) is 5.69 Å². The van der Waals surface area contributed by atoms with E-state index >= 15 is 0 Å². The van der Waals surface area contributed by atoms with Crippen molar-refractivity contribution >= 4 is 29.1 Å². The van der Waals surface area contributed by atoms with Gasteiger partial charge in [-0.05, 0) is 62.4 Å². The van der Waals surface area contributed by atoms with Crippen molar-refractivity contribution < 1.29 is 18.4 Å². The zero-order valence-electron chi connectivity index (χ0n) is 16.7. The second-order valence-corrected chi connectivity index (χ2v) is 7.94. The van der Waals surface area contributed by atoms with E-state index in [1.165, 1.54) is 18.7 Å². The van der Waals surface area contributed by atoms with Gasteiger partial charge in [-0.2, -0.15) is 0 Å². The number of aromatic nitrogens is 3. The number of rotatable bonds is 7. The number of carbonyl (C=O) groups is 2. The van der Waals surface area contributed by atoms with E-state index in [1.54, 1.807) is 68.0 Å². The smallest absolute Gasteiger partial charge is 0.237 e. The Bertz CT molecular complexity index is 1190. The fraction of sp³-hybridized carbons (Fsp3) is 0.136. The minimum absolute atomic E-state index is 0.0307. The van der Waals surface area contributed by atoms with Crippen LogP contribution >= 0.6 is 11.8 Å². The van der Waals surface area contributed by atoms with Crippen molar-refractivity contribution in [1.29, 1.82) is 0 Å². The van der Waals surface area contributed by atoms with Crippen molar-refractivity contribution in [2.75, 3.05) is 5.32 Å². The molecule has 3 aromatic heterocycles. The van der Waals surface area contributed by atoms with Gasteiger partial charge in [-0.15, -0.1) is 10.2 Å². The first-order chi connectivity index (χ1) is 15.0. The van der Waals surface area contributed by atoms with Gasteiger partial charge in [-0.1, -0.05) is 11.8 Å². The lowest BCUT2D eigenvalue weighted by Crippen LogP contribution is -2.22. The van der Waals surface area contributed by atoms with E-state index in [1.807, 2.05) is 0 Å². The molecular weight excluding hydrogens is 416 g/mol. The predicted octanol–water partition coefficient (Wildman–Crippen LogP) is 4.71. The van der Waals surface area contributed by atoms with Gasteiger partial charge in [0.05, 0.1) is 17.8 Å². The van der Waals surface area contributed by atoms with E-state index in [4.69, 9.17) is 8.83 Å². The van der Waals surface area contributed by atoms with Crippen molar-refractivity contribution in [2.24, 2.45) is 0 Å². The molecule has 1 atom stereocenters. The van der Waals surface area contributed by atoms with E-state index < -0.39 is 5.25 Å². The lowest BCUT2D eigenvalue weighted by molar-refractivity contribution is -0.115. The minimum atomic E-state index is -0.492. The summed E-state index contributed by atoms with van der Waals surface area (Å²) in [6, 6.07) is 13.8. The highest BCUT2D eigenvalue weighted by molar-refractivity contribution is 8.00. The number of nitrogens with zero attached hydrogens (tertiary/aromatic N) is 3. The molecule has 0 saturated heterocycles. The summed E-state index contributed by atoms with van der Waals surface area (Å²) in [5, 5.41) is 11.1. The molecule has 1 N–H and O–H groups in total. The summed E-state index contributed by atoms with van der Waals surface area (Å²) in [6.07, 6.45) is 3.09. The number of ketones is 1. The van der Waals surface area contributed by atoms with Crippen molar-refractivity contribution in [3.05, 3.63) is 66.6 Å². The molecule has 4 rings (SSSR count). The average molecular weight is 434 g/mol. The van der Waals surface area contributed by atoms with Crippen LogP contribution in [-0.2, 0) is 4.79 Å². The van der Waals surface area contributed by atoms with Crippen LogP contribution in [0.15, 0.2) is 75.0 Å². The van der Waals surface area contributed by atoms with Gasteiger partial charge in [-0.25, -0.2) is 4.98 Å². The summed E-state index contributed by atoms with van der Waals surface area (Å²) in [4.78, 5) is 28.5. The van der Waals surface area contributed by atoms with Crippen LogP contribution < -0.4 is 5.32 Å². The standard InChI is InChI=1S/C22H18N4O4S/c1-13(27)15-7-9-16(10-8-15)23-21(28)14(2)31-22-24-19(17-5-3-11-29-17)20(25-26-22)18-6-4-12-30-18/h3-12,14H,1-2H3,(H,23,28)/t14-/m1/s1. The van der Waals surface area contributed by atoms with Crippen LogP contribution in [-0.4, -0.2) is 32.1 Å². The first-order valence-electron chi connectivity index (χ1n) is 9.42. The van der Waals surface area contributed by atoms with Crippen molar-refractivity contribution in [3.8, 4) is 22.9 Å². The Morgan fingerprint density at radius 3 is 2.16 bits per heavy atom. The molecule has 156 valence electrons. The number of hydrogen-bond acceptors (Lipinski definition) is 8. The number of nitrogens with one attached hydrogen (secondary N) is 1. The number of benzene rings is 1. The van der Waals surface area contributed by atoms with Gasteiger partial charge in [0.15, 0.2) is 23.0 Å². The first-order valence-corrected chi connectivity index (χ1v) is 10.3. The molecule has 0 aliphatic rings. The molecule has 0 radical (unpaired) electrons. The largest absolute Gasteiger partial charge is 0.463 e. The van der Waals surface area contributed by atoms with Crippen molar-refractivity contribution in [2.45, 2.75) is 24.3 Å². The maximum absolute atomic E-state index is 12.6. The Kier molecular flexibility index (Phi) is 5.94. The molecule has 8 nitrogen and oxygen atoms in total. The summed E-state index contributed by atoms with van der Waals surface area (Å²) in [7, 11) is 0. The predicted molar refractivity (Wildman–Crippen MR) is 116 cm³/mol. The highest BCUT2D eigenvalue weighted by Gasteiger charge is 2.21. The van der Waals surface area contributed by atoms with Gasteiger partial charge in [0.2, 0.25) is 11.1 Å². The molecule has 9 heteroatoms. The SMILES string of the molecule is CC(=O)c1ccc(NC(=O)[C@@H](C)Sc2nnc(-c3ccco3)c(-c3ccco3)n2)cc1. The lowest BCUT2D eigenvalue weighted by atomic mass is 10.1. The third kappa shape index (κ3) is 4.72. The number of furan rings is 2. The minimum Gasteiger partial charge on any atom is -0.463 e. The molecular formula is C22H18N4O4S. The summed E-state index contributed by atoms with van der Waals surface area (Å²) in [5.41, 5.74) is 2.12. The Hall–Kier alpha value is -3.72. The number of hydrogen-bond donors (Lipinski definition) is 1. The zero-order valence-corrected chi connectivity index (χ0v) is 17.6. The third-order valence-electron chi connectivity index (χ3n) is 4.39. The average Bonchev–Trinajstić information content (AvgIpc) is 3.48. The molecule has 0 bridgehead atoms. The van der Waals surface area contributed by atoms with Gasteiger partial charge >= 0.3 is 0 Å². The molecule has 1 aromatic carbocycles. The molecule has 0 saturated carbocycles. The van der Waals surface area contributed by atoms with Crippen LogP contribution in [0.1, 0.15) is 24.2 Å². The van der Waals surface area contributed by atoms with Crippen molar-refractivity contribution in [3.63, 3.8) is 0 Å². The Morgan fingerprint density at radius 2 is 1.58 bits per heavy atom. The number of anilines is 1. The highest BCUT2D eigenvalue weighted by atomic mass is 32.2. The van der Waals surface area contributed by atoms with Crippen LogP contribution in [0.5, 0.6) is 0 Å². The molecule has 31 heavy (non-hydrogen) atoms. The zero-order chi connectivity index (χ0) is 21.8. The number of amides is 1. The Balaban J connectivity index is 1.51. The quantitative estimate of drug-likeness (QED) is 0.329. The normalized spacial score (nSPS) is 11.8. The Morgan fingerprint density at radius 1 is 0.935 bits per heavy atom. The number of carbonyl (C=O) groups excluding carboxylic acids is 2. The van der Waals surface area contributed by atoms with Crippen LogP contribution in [0.4, 0.5) is 5.69 Å². The molecule has 1 amide bonds. The maximum Gasteiger partial charge on any atom is 0.237 e. The fourth-order valence-corrected chi connectivity index (χ4v) is 3.48. The number of thioether (sulfide) groups is 1. The molecule has 3 heterocycles.